The molecule has 148 valence electrons. The van der Waals surface area contributed by atoms with Crippen LogP contribution in [-0.4, -0.2) is 61.3 Å². The summed E-state index contributed by atoms with van der Waals surface area (Å²) in [5, 5.41) is 2.53. The summed E-state index contributed by atoms with van der Waals surface area (Å²) >= 11 is 0. The van der Waals surface area contributed by atoms with E-state index < -0.39 is 17.5 Å². The van der Waals surface area contributed by atoms with Gasteiger partial charge in [0.1, 0.15) is 11.6 Å². The molecule has 3 amide bonds. The Hall–Kier alpha value is -2.51. The van der Waals surface area contributed by atoms with Crippen LogP contribution in [0.3, 0.4) is 0 Å². The predicted octanol–water partition coefficient (Wildman–Crippen LogP) is 1.80. The molecule has 1 fully saturated rings. The molecule has 8 heteroatoms. The molecule has 1 heterocycles. The number of hydrogen-bond donors (Lipinski definition) is 1. The second-order valence-electron chi connectivity index (χ2n) is 6.87. The van der Waals surface area contributed by atoms with Crippen molar-refractivity contribution >= 4 is 17.7 Å². The fourth-order valence-electron chi connectivity index (χ4n) is 3.11. The molecule has 1 aromatic rings. The number of carbonyl (C=O) groups is 3. The van der Waals surface area contributed by atoms with Crippen LogP contribution in [0.25, 0.3) is 0 Å². The molecule has 2 rings (SSSR count). The number of halogens is 2. The molecule has 1 saturated heterocycles. The number of hydrogen-bond acceptors (Lipinski definition) is 3. The molecule has 1 aromatic carbocycles. The van der Waals surface area contributed by atoms with E-state index in [2.05, 4.69) is 5.32 Å². The van der Waals surface area contributed by atoms with Crippen molar-refractivity contribution in [2.75, 3.05) is 33.7 Å². The minimum atomic E-state index is -0.918. The highest BCUT2D eigenvalue weighted by atomic mass is 19.1. The summed E-state index contributed by atoms with van der Waals surface area (Å²) in [5.41, 5.74) is -0.227. The molecule has 1 aliphatic heterocycles. The van der Waals surface area contributed by atoms with Crippen molar-refractivity contribution in [3.63, 3.8) is 0 Å². The number of nitrogens with zero attached hydrogens (tertiary/aromatic N) is 2. The minimum absolute atomic E-state index is 0.0204. The number of amides is 3. The normalized spacial score (nSPS) is 14.7. The first-order valence-electron chi connectivity index (χ1n) is 9.01. The Kier molecular flexibility index (Phi) is 7.27. The maximum atomic E-state index is 13.5. The van der Waals surface area contributed by atoms with E-state index in [-0.39, 0.29) is 36.3 Å². The monoisotopic (exact) mass is 381 g/mol. The number of likely N-dealkylation sites (tertiary alicyclic amines) is 1. The Bertz CT molecular complexity index is 701. The van der Waals surface area contributed by atoms with Gasteiger partial charge in [-0.05, 0) is 31.4 Å². The van der Waals surface area contributed by atoms with Crippen LogP contribution < -0.4 is 5.32 Å². The third-order valence-electron chi connectivity index (χ3n) is 4.67. The molecule has 0 aliphatic carbocycles. The predicted molar refractivity (Wildman–Crippen MR) is 95.9 cm³/mol. The zero-order valence-electron chi connectivity index (χ0n) is 15.6. The number of piperidine rings is 1. The molecule has 0 bridgehead atoms. The maximum absolute atomic E-state index is 13.5. The Morgan fingerprint density at radius 2 is 1.85 bits per heavy atom. The van der Waals surface area contributed by atoms with Crippen LogP contribution in [0.1, 0.15) is 36.0 Å². The van der Waals surface area contributed by atoms with Crippen LogP contribution in [0, 0.1) is 17.6 Å². The zero-order valence-corrected chi connectivity index (χ0v) is 15.6. The van der Waals surface area contributed by atoms with E-state index >= 15 is 0 Å². The van der Waals surface area contributed by atoms with Gasteiger partial charge in [-0.2, -0.15) is 0 Å². The fourth-order valence-corrected chi connectivity index (χ4v) is 3.11. The van der Waals surface area contributed by atoms with E-state index in [0.29, 0.717) is 38.4 Å². The van der Waals surface area contributed by atoms with Crippen molar-refractivity contribution in [3.05, 3.63) is 35.4 Å². The molecule has 0 saturated carbocycles. The summed E-state index contributed by atoms with van der Waals surface area (Å²) in [6.45, 7) is 1.32. The van der Waals surface area contributed by atoms with Gasteiger partial charge in [-0.15, -0.1) is 0 Å². The number of benzene rings is 1. The highest BCUT2D eigenvalue weighted by molar-refractivity contribution is 5.94. The van der Waals surface area contributed by atoms with Gasteiger partial charge in [0.05, 0.1) is 5.56 Å². The molecular formula is C19H25F2N3O3. The zero-order chi connectivity index (χ0) is 20.0. The van der Waals surface area contributed by atoms with Crippen molar-refractivity contribution in [1.29, 1.82) is 0 Å². The van der Waals surface area contributed by atoms with E-state index in [4.69, 9.17) is 0 Å². The lowest BCUT2D eigenvalue weighted by atomic mass is 9.95. The van der Waals surface area contributed by atoms with Crippen LogP contribution in [0.5, 0.6) is 0 Å². The van der Waals surface area contributed by atoms with Crippen LogP contribution >= 0.6 is 0 Å². The Morgan fingerprint density at radius 3 is 2.44 bits per heavy atom. The molecule has 0 unspecified atom stereocenters. The molecule has 27 heavy (non-hydrogen) atoms. The van der Waals surface area contributed by atoms with Crippen molar-refractivity contribution in [2.24, 2.45) is 5.92 Å². The summed E-state index contributed by atoms with van der Waals surface area (Å²) in [5.74, 6) is -2.26. The molecular weight excluding hydrogens is 356 g/mol. The molecule has 0 spiro atoms. The van der Waals surface area contributed by atoms with Crippen LogP contribution in [0.4, 0.5) is 8.78 Å². The van der Waals surface area contributed by atoms with Crippen molar-refractivity contribution in [1.82, 2.24) is 15.1 Å². The second-order valence-corrected chi connectivity index (χ2v) is 6.87. The van der Waals surface area contributed by atoms with E-state index in [1.807, 2.05) is 0 Å². The van der Waals surface area contributed by atoms with E-state index in [1.54, 1.807) is 23.9 Å². The molecule has 1 aliphatic rings. The summed E-state index contributed by atoms with van der Waals surface area (Å²) in [6, 6.07) is 2.76. The van der Waals surface area contributed by atoms with Crippen molar-refractivity contribution in [3.8, 4) is 0 Å². The fraction of sp³-hybridized carbons (Fsp3) is 0.526. The largest absolute Gasteiger partial charge is 0.352 e. The number of nitrogens with one attached hydrogen (secondary N) is 1. The van der Waals surface area contributed by atoms with Crippen LogP contribution in [0.15, 0.2) is 18.2 Å². The number of carbonyl (C=O) groups excluding carboxylic acids is 3. The lowest BCUT2D eigenvalue weighted by molar-refractivity contribution is -0.139. The van der Waals surface area contributed by atoms with Gasteiger partial charge in [0.15, 0.2) is 0 Å². The average molecular weight is 381 g/mol. The molecule has 1 N–H and O–H groups in total. The van der Waals surface area contributed by atoms with Gasteiger partial charge in [0.25, 0.3) is 5.91 Å². The third kappa shape index (κ3) is 5.74. The minimum Gasteiger partial charge on any atom is -0.352 e. The van der Waals surface area contributed by atoms with Gasteiger partial charge in [-0.1, -0.05) is 0 Å². The molecule has 0 atom stereocenters. The highest BCUT2D eigenvalue weighted by Crippen LogP contribution is 2.19. The van der Waals surface area contributed by atoms with Crippen LogP contribution in [-0.2, 0) is 9.59 Å². The van der Waals surface area contributed by atoms with Gasteiger partial charge >= 0.3 is 0 Å². The molecule has 6 nitrogen and oxygen atoms in total. The lowest BCUT2D eigenvalue weighted by Gasteiger charge is -2.32. The quantitative estimate of drug-likeness (QED) is 0.764. The summed E-state index contributed by atoms with van der Waals surface area (Å²) < 4.78 is 26.4. The summed E-state index contributed by atoms with van der Waals surface area (Å²) in [4.78, 5) is 39.4. The molecule has 0 aromatic heterocycles. The summed E-state index contributed by atoms with van der Waals surface area (Å²) in [7, 11) is 3.46. The van der Waals surface area contributed by atoms with Gasteiger partial charge in [0, 0.05) is 52.1 Å². The average Bonchev–Trinajstić information content (AvgIpc) is 2.64. The van der Waals surface area contributed by atoms with E-state index in [9.17, 15) is 23.2 Å². The van der Waals surface area contributed by atoms with Gasteiger partial charge < -0.3 is 15.1 Å². The van der Waals surface area contributed by atoms with Crippen molar-refractivity contribution in [2.45, 2.75) is 25.7 Å². The van der Waals surface area contributed by atoms with Gasteiger partial charge in [0.2, 0.25) is 11.8 Å². The highest BCUT2D eigenvalue weighted by Gasteiger charge is 2.27. The van der Waals surface area contributed by atoms with Crippen molar-refractivity contribution < 1.29 is 23.2 Å². The first-order chi connectivity index (χ1) is 12.8. The Balaban J connectivity index is 1.69. The third-order valence-corrected chi connectivity index (χ3v) is 4.67. The molecule has 0 radical (unpaired) electrons. The standard InChI is InChI=1S/C19H25F2N3O3/c1-23(2)19(27)13-7-10-24(11-8-13)17(25)4-3-9-22-18(26)15-6-5-14(20)12-16(15)21/h5-6,12-13H,3-4,7-11H2,1-2H3,(H,22,26). The maximum Gasteiger partial charge on any atom is 0.254 e. The first-order valence-corrected chi connectivity index (χ1v) is 9.01. The topological polar surface area (TPSA) is 69.7 Å². The number of rotatable bonds is 6. The van der Waals surface area contributed by atoms with Crippen LogP contribution in [0.2, 0.25) is 0 Å². The Morgan fingerprint density at radius 1 is 1.19 bits per heavy atom. The lowest BCUT2D eigenvalue weighted by Crippen LogP contribution is -2.42. The smallest absolute Gasteiger partial charge is 0.254 e. The Labute approximate surface area is 157 Å². The van der Waals surface area contributed by atoms with Gasteiger partial charge in [-0.25, -0.2) is 8.78 Å². The van der Waals surface area contributed by atoms with E-state index in [1.165, 1.54) is 0 Å². The van der Waals surface area contributed by atoms with E-state index in [0.717, 1.165) is 12.1 Å². The first kappa shape index (κ1) is 20.8. The SMILES string of the molecule is CN(C)C(=O)C1CCN(C(=O)CCCNC(=O)c2ccc(F)cc2F)CC1. The van der Waals surface area contributed by atoms with Gasteiger partial charge in [-0.3, -0.25) is 14.4 Å². The summed E-state index contributed by atoms with van der Waals surface area (Å²) in [6.07, 6.45) is 2.00. The second kappa shape index (κ2) is 9.43.